The third-order valence-electron chi connectivity index (χ3n) is 3.17. The summed E-state index contributed by atoms with van der Waals surface area (Å²) in [6.45, 7) is 0. The first-order valence-corrected chi connectivity index (χ1v) is 6.92. The lowest BCUT2D eigenvalue weighted by molar-refractivity contribution is -0.384. The number of anilines is 1. The zero-order valence-corrected chi connectivity index (χ0v) is 13.5. The maximum Gasteiger partial charge on any atom is 0.269 e. The van der Waals surface area contributed by atoms with Crippen molar-refractivity contribution in [1.82, 2.24) is 0 Å². The second kappa shape index (κ2) is 7.82. The summed E-state index contributed by atoms with van der Waals surface area (Å²) in [5.74, 6) is 1.54. The molecule has 0 aliphatic rings. The van der Waals surface area contributed by atoms with Crippen LogP contribution >= 0.6 is 0 Å². The van der Waals surface area contributed by atoms with Crippen LogP contribution in [0.3, 0.4) is 0 Å². The van der Waals surface area contributed by atoms with Crippen LogP contribution in [0.25, 0.3) is 0 Å². The van der Waals surface area contributed by atoms with Gasteiger partial charge in [0, 0.05) is 17.7 Å². The van der Waals surface area contributed by atoms with Crippen LogP contribution in [0.5, 0.6) is 17.2 Å². The van der Waals surface area contributed by atoms with Gasteiger partial charge < -0.3 is 14.2 Å². The Hall–Kier alpha value is -3.29. The normalized spacial score (nSPS) is 10.5. The summed E-state index contributed by atoms with van der Waals surface area (Å²) in [5.41, 5.74) is 4.18. The number of non-ortho nitro benzene ring substituents is 1. The number of nitro benzene ring substituents is 1. The van der Waals surface area contributed by atoms with Crippen molar-refractivity contribution >= 4 is 17.6 Å². The largest absolute Gasteiger partial charge is 0.493 e. The van der Waals surface area contributed by atoms with Gasteiger partial charge in [0.2, 0.25) is 5.75 Å². The van der Waals surface area contributed by atoms with Crippen molar-refractivity contribution in [3.8, 4) is 17.2 Å². The highest BCUT2D eigenvalue weighted by atomic mass is 16.6. The van der Waals surface area contributed by atoms with E-state index in [1.54, 1.807) is 30.5 Å². The van der Waals surface area contributed by atoms with Gasteiger partial charge in [-0.1, -0.05) is 0 Å². The standard InChI is InChI=1S/C16H17N3O5/c1-22-14-8-11(9-15(23-2)16(14)24-3)10-17-18-12-4-6-13(7-5-12)19(20)21/h4-10,18H,1-3H3. The van der Waals surface area contributed by atoms with Crippen molar-refractivity contribution < 1.29 is 19.1 Å². The predicted molar refractivity (Wildman–Crippen MR) is 90.4 cm³/mol. The molecular formula is C16H17N3O5. The molecular weight excluding hydrogens is 314 g/mol. The molecule has 0 aliphatic heterocycles. The number of hydrogen-bond acceptors (Lipinski definition) is 7. The van der Waals surface area contributed by atoms with E-state index in [0.29, 0.717) is 22.9 Å². The van der Waals surface area contributed by atoms with E-state index in [2.05, 4.69) is 10.5 Å². The van der Waals surface area contributed by atoms with Crippen LogP contribution in [0, 0.1) is 10.1 Å². The molecule has 8 nitrogen and oxygen atoms in total. The molecule has 0 saturated heterocycles. The molecule has 2 rings (SSSR count). The number of rotatable bonds is 7. The topological polar surface area (TPSA) is 95.2 Å². The molecule has 2 aromatic carbocycles. The van der Waals surface area contributed by atoms with E-state index in [1.807, 2.05) is 0 Å². The molecule has 2 aromatic rings. The lowest BCUT2D eigenvalue weighted by atomic mass is 10.2. The first-order valence-electron chi connectivity index (χ1n) is 6.92. The molecule has 126 valence electrons. The van der Waals surface area contributed by atoms with Gasteiger partial charge in [0.25, 0.3) is 5.69 Å². The number of benzene rings is 2. The van der Waals surface area contributed by atoms with E-state index in [-0.39, 0.29) is 5.69 Å². The Morgan fingerprint density at radius 3 is 2.08 bits per heavy atom. The van der Waals surface area contributed by atoms with Gasteiger partial charge in [-0.05, 0) is 24.3 Å². The summed E-state index contributed by atoms with van der Waals surface area (Å²) in [6.07, 6.45) is 1.58. The molecule has 24 heavy (non-hydrogen) atoms. The zero-order valence-electron chi connectivity index (χ0n) is 13.5. The lowest BCUT2D eigenvalue weighted by Crippen LogP contribution is -1.97. The van der Waals surface area contributed by atoms with Crippen molar-refractivity contribution in [2.75, 3.05) is 26.8 Å². The van der Waals surface area contributed by atoms with E-state index in [9.17, 15) is 10.1 Å². The molecule has 0 bridgehead atoms. The molecule has 0 amide bonds. The summed E-state index contributed by atoms with van der Waals surface area (Å²) < 4.78 is 15.8. The molecule has 0 spiro atoms. The minimum Gasteiger partial charge on any atom is -0.493 e. The smallest absolute Gasteiger partial charge is 0.269 e. The van der Waals surface area contributed by atoms with Crippen molar-refractivity contribution in [1.29, 1.82) is 0 Å². The molecule has 0 saturated carbocycles. The average Bonchev–Trinajstić information content (AvgIpc) is 2.61. The van der Waals surface area contributed by atoms with Gasteiger partial charge >= 0.3 is 0 Å². The average molecular weight is 331 g/mol. The van der Waals surface area contributed by atoms with E-state index < -0.39 is 4.92 Å². The summed E-state index contributed by atoms with van der Waals surface area (Å²) in [7, 11) is 4.60. The molecule has 1 N–H and O–H groups in total. The highest BCUT2D eigenvalue weighted by Crippen LogP contribution is 2.37. The second-order valence-electron chi connectivity index (χ2n) is 4.63. The van der Waals surface area contributed by atoms with E-state index in [1.165, 1.54) is 33.5 Å². The van der Waals surface area contributed by atoms with Crippen molar-refractivity contribution in [3.63, 3.8) is 0 Å². The van der Waals surface area contributed by atoms with Gasteiger partial charge in [-0.25, -0.2) is 0 Å². The fourth-order valence-electron chi connectivity index (χ4n) is 2.01. The fraction of sp³-hybridized carbons (Fsp3) is 0.188. The summed E-state index contributed by atoms with van der Waals surface area (Å²) in [5, 5.41) is 14.7. The molecule has 0 fully saturated rings. The molecule has 0 radical (unpaired) electrons. The van der Waals surface area contributed by atoms with Crippen LogP contribution in [0.1, 0.15) is 5.56 Å². The van der Waals surface area contributed by atoms with Crippen LogP contribution in [0.4, 0.5) is 11.4 Å². The SMILES string of the molecule is COc1cc(C=NNc2ccc([N+](=O)[O-])cc2)cc(OC)c1OC. The van der Waals surface area contributed by atoms with Gasteiger partial charge in [-0.3, -0.25) is 15.5 Å². The van der Waals surface area contributed by atoms with E-state index in [0.717, 1.165) is 5.56 Å². The number of nitro groups is 1. The molecule has 0 aromatic heterocycles. The Bertz CT molecular complexity index is 719. The maximum absolute atomic E-state index is 10.6. The Morgan fingerprint density at radius 1 is 1.04 bits per heavy atom. The highest BCUT2D eigenvalue weighted by Gasteiger charge is 2.12. The lowest BCUT2D eigenvalue weighted by Gasteiger charge is -2.12. The number of hydrazone groups is 1. The number of hydrogen-bond donors (Lipinski definition) is 1. The third kappa shape index (κ3) is 3.92. The van der Waals surface area contributed by atoms with Crippen LogP contribution in [0.15, 0.2) is 41.5 Å². The van der Waals surface area contributed by atoms with Gasteiger partial charge in [0.1, 0.15) is 0 Å². The first-order chi connectivity index (χ1) is 11.6. The Kier molecular flexibility index (Phi) is 5.56. The molecule has 0 atom stereocenters. The van der Waals surface area contributed by atoms with Crippen LogP contribution in [-0.4, -0.2) is 32.5 Å². The van der Waals surface area contributed by atoms with Crippen molar-refractivity contribution in [2.45, 2.75) is 0 Å². The number of ether oxygens (including phenoxy) is 3. The van der Waals surface area contributed by atoms with Gasteiger partial charge in [0.05, 0.1) is 38.2 Å². The van der Waals surface area contributed by atoms with Crippen molar-refractivity contribution in [2.24, 2.45) is 5.10 Å². The Balaban J connectivity index is 2.15. The van der Waals surface area contributed by atoms with Crippen LogP contribution in [0.2, 0.25) is 0 Å². The maximum atomic E-state index is 10.6. The minimum absolute atomic E-state index is 0.0224. The fourth-order valence-corrected chi connectivity index (χ4v) is 2.01. The quantitative estimate of drug-likeness (QED) is 0.476. The van der Waals surface area contributed by atoms with Crippen LogP contribution in [-0.2, 0) is 0 Å². The van der Waals surface area contributed by atoms with E-state index >= 15 is 0 Å². The predicted octanol–water partition coefficient (Wildman–Crippen LogP) is 3.07. The van der Waals surface area contributed by atoms with Gasteiger partial charge in [-0.15, -0.1) is 0 Å². The Labute approximate surface area is 138 Å². The van der Waals surface area contributed by atoms with Crippen molar-refractivity contribution in [3.05, 3.63) is 52.1 Å². The zero-order chi connectivity index (χ0) is 17.5. The molecule has 8 heteroatoms. The number of methoxy groups -OCH3 is 3. The molecule has 0 unspecified atom stereocenters. The second-order valence-corrected chi connectivity index (χ2v) is 4.63. The van der Waals surface area contributed by atoms with Gasteiger partial charge in [0.15, 0.2) is 11.5 Å². The summed E-state index contributed by atoms with van der Waals surface area (Å²) in [4.78, 5) is 10.2. The Morgan fingerprint density at radius 2 is 1.62 bits per heavy atom. The number of nitrogens with one attached hydrogen (secondary N) is 1. The molecule has 0 heterocycles. The highest BCUT2D eigenvalue weighted by molar-refractivity contribution is 5.83. The summed E-state index contributed by atoms with van der Waals surface area (Å²) in [6, 6.07) is 9.45. The van der Waals surface area contributed by atoms with Crippen LogP contribution < -0.4 is 19.6 Å². The monoisotopic (exact) mass is 331 g/mol. The third-order valence-corrected chi connectivity index (χ3v) is 3.17. The molecule has 0 aliphatic carbocycles. The van der Waals surface area contributed by atoms with E-state index in [4.69, 9.17) is 14.2 Å². The first kappa shape index (κ1) is 17.1. The minimum atomic E-state index is -0.455. The number of nitrogens with zero attached hydrogens (tertiary/aromatic N) is 2. The van der Waals surface area contributed by atoms with Gasteiger partial charge in [-0.2, -0.15) is 5.10 Å². The summed E-state index contributed by atoms with van der Waals surface area (Å²) >= 11 is 0.